The molecule has 2 aromatic carbocycles. The molecule has 0 spiro atoms. The van der Waals surface area contributed by atoms with E-state index in [1.807, 2.05) is 122 Å². The van der Waals surface area contributed by atoms with Crippen molar-refractivity contribution in [2.75, 3.05) is 24.6 Å². The summed E-state index contributed by atoms with van der Waals surface area (Å²) in [6.45, 7) is 3.28. The second kappa shape index (κ2) is 26.1. The highest BCUT2D eigenvalue weighted by atomic mass is 33.1. The highest BCUT2D eigenvalue weighted by molar-refractivity contribution is 8.76. The predicted molar refractivity (Wildman–Crippen MR) is 228 cm³/mol. The van der Waals surface area contributed by atoms with Crippen molar-refractivity contribution in [3.8, 4) is 0 Å². The molecule has 4 rings (SSSR count). The number of pyridine rings is 2. The van der Waals surface area contributed by atoms with Gasteiger partial charge in [-0.3, -0.25) is 19.6 Å². The van der Waals surface area contributed by atoms with Crippen molar-refractivity contribution in [2.45, 2.75) is 51.9 Å². The Kier molecular flexibility index (Phi) is 20.2. The lowest BCUT2D eigenvalue weighted by Crippen LogP contribution is -2.34. The van der Waals surface area contributed by atoms with E-state index >= 15 is 0 Å². The molecule has 12 nitrogen and oxygen atoms in total. The summed E-state index contributed by atoms with van der Waals surface area (Å²) in [6, 6.07) is 23.6. The van der Waals surface area contributed by atoms with Crippen molar-refractivity contribution < 1.29 is 38.5 Å². The third kappa shape index (κ3) is 19.3. The molecular weight excluding hydrogens is 773 g/mol. The molecule has 302 valence electrons. The van der Waals surface area contributed by atoms with Gasteiger partial charge in [-0.1, -0.05) is 94.4 Å². The van der Waals surface area contributed by atoms with E-state index in [9.17, 15) is 29.4 Å². The average Bonchev–Trinajstić information content (AvgIpc) is 3.22. The fourth-order valence-electron chi connectivity index (χ4n) is 5.37. The van der Waals surface area contributed by atoms with Crippen LogP contribution in [-0.4, -0.2) is 60.8 Å². The highest BCUT2D eigenvalue weighted by Gasteiger charge is 2.07. The fraction of sp³-hybridized carbons (Fsp3) is 0.273. The number of hydrogen-bond acceptors (Lipinski definition) is 10. The van der Waals surface area contributed by atoms with Gasteiger partial charge in [0.05, 0.1) is 25.0 Å². The first-order valence-corrected chi connectivity index (χ1v) is 21.4. The molecule has 4 aromatic rings. The smallest absolute Gasteiger partial charge is 0.220 e. The molecule has 0 aliphatic rings. The minimum atomic E-state index is -1.30. The summed E-state index contributed by atoms with van der Waals surface area (Å²) < 4.78 is 4.12. The molecule has 0 saturated carbocycles. The maximum Gasteiger partial charge on any atom is 0.220 e. The lowest BCUT2D eigenvalue weighted by atomic mass is 10.1. The number of aliphatic imine (C=N–C) groups is 2. The summed E-state index contributed by atoms with van der Waals surface area (Å²) in [5.41, 5.74) is 5.98. The molecule has 2 aromatic heterocycles. The number of aromatic nitrogens is 2. The van der Waals surface area contributed by atoms with Gasteiger partial charge in [0.2, 0.25) is 11.8 Å². The minimum absolute atomic E-state index is 0.0437. The van der Waals surface area contributed by atoms with Gasteiger partial charge in [-0.05, 0) is 33.4 Å². The molecule has 0 fully saturated rings. The first-order chi connectivity index (χ1) is 28.2. The molecule has 14 heteroatoms. The molecule has 0 atom stereocenters. The number of aryl methyl sites for hydroxylation is 2. The number of aliphatic carboxylic acids is 2. The molecule has 0 saturated heterocycles. The molecule has 58 heavy (non-hydrogen) atoms. The van der Waals surface area contributed by atoms with Gasteiger partial charge >= 0.3 is 0 Å². The van der Waals surface area contributed by atoms with Crippen LogP contribution in [0.1, 0.15) is 59.1 Å². The van der Waals surface area contributed by atoms with E-state index in [1.54, 1.807) is 21.6 Å². The van der Waals surface area contributed by atoms with Crippen molar-refractivity contribution in [3.05, 3.63) is 131 Å². The Hall–Kier alpha value is -5.86. The molecule has 2 N–H and O–H groups in total. The maximum absolute atomic E-state index is 12.3. The number of nitrogens with zero attached hydrogens (tertiary/aromatic N) is 4. The van der Waals surface area contributed by atoms with Crippen LogP contribution in [0.25, 0.3) is 24.3 Å². The lowest BCUT2D eigenvalue weighted by molar-refractivity contribution is -0.697. The van der Waals surface area contributed by atoms with Gasteiger partial charge < -0.3 is 30.4 Å². The largest absolute Gasteiger partial charge is 0.544 e. The number of hydrogen-bond donors (Lipinski definition) is 2. The second-order valence-corrected chi connectivity index (χ2v) is 15.7. The zero-order valence-electron chi connectivity index (χ0n) is 32.2. The zero-order valence-corrected chi connectivity index (χ0v) is 33.9. The molecule has 0 aliphatic carbocycles. The molecule has 2 amide bonds. The number of amides is 2. The van der Waals surface area contributed by atoms with Crippen LogP contribution in [0.3, 0.4) is 0 Å². The zero-order chi connectivity index (χ0) is 41.2. The summed E-state index contributed by atoms with van der Waals surface area (Å²) in [4.78, 5) is 53.1. The van der Waals surface area contributed by atoms with E-state index in [2.05, 4.69) is 29.8 Å². The number of carboxylic acid groups (broad SMARTS) is 2. The van der Waals surface area contributed by atoms with Crippen LogP contribution < -0.4 is 30.0 Å². The Labute approximate surface area is 347 Å². The van der Waals surface area contributed by atoms with Gasteiger partial charge in [-0.25, -0.2) is 9.13 Å². The monoisotopic (exact) mass is 820 g/mol. The van der Waals surface area contributed by atoms with E-state index in [0.717, 1.165) is 83.2 Å². The Morgan fingerprint density at radius 1 is 0.534 bits per heavy atom. The van der Waals surface area contributed by atoms with Crippen molar-refractivity contribution in [3.63, 3.8) is 0 Å². The van der Waals surface area contributed by atoms with Crippen LogP contribution in [0.15, 0.2) is 108 Å². The quantitative estimate of drug-likeness (QED) is 0.0445. The third-order valence-electron chi connectivity index (χ3n) is 8.41. The van der Waals surface area contributed by atoms with Gasteiger partial charge in [0.1, 0.15) is 13.1 Å². The normalized spacial score (nSPS) is 11.5. The Balaban J connectivity index is 0.968. The molecule has 0 bridgehead atoms. The summed E-state index contributed by atoms with van der Waals surface area (Å²) in [5, 5.41) is 26.8. The van der Waals surface area contributed by atoms with Crippen LogP contribution >= 0.6 is 21.6 Å². The summed E-state index contributed by atoms with van der Waals surface area (Å²) in [7, 11) is 3.37. The topological polar surface area (TPSA) is 171 Å². The van der Waals surface area contributed by atoms with Crippen LogP contribution in [-0.2, 0) is 45.4 Å². The number of benzene rings is 2. The van der Waals surface area contributed by atoms with Gasteiger partial charge in [0.25, 0.3) is 0 Å². The summed E-state index contributed by atoms with van der Waals surface area (Å²) in [5.74, 6) is -0.929. The van der Waals surface area contributed by atoms with Crippen molar-refractivity contribution in [2.24, 2.45) is 9.98 Å². The van der Waals surface area contributed by atoms with Gasteiger partial charge in [-0.2, -0.15) is 0 Å². The third-order valence-corrected chi connectivity index (χ3v) is 10.8. The Bertz CT molecular complexity index is 1870. The van der Waals surface area contributed by atoms with E-state index in [0.29, 0.717) is 39.0 Å². The number of rotatable bonds is 25. The van der Waals surface area contributed by atoms with Gasteiger partial charge in [-0.15, -0.1) is 0 Å². The van der Waals surface area contributed by atoms with Crippen LogP contribution in [0.5, 0.6) is 0 Å². The van der Waals surface area contributed by atoms with Crippen LogP contribution in [0, 0.1) is 0 Å². The molecular formula is C44H48N6O6S2. The van der Waals surface area contributed by atoms with E-state index in [-0.39, 0.29) is 11.8 Å². The molecule has 2 heterocycles. The first kappa shape index (κ1) is 44.8. The lowest BCUT2D eigenvalue weighted by Gasteiger charge is -2.06. The average molecular weight is 821 g/mol. The fourth-order valence-corrected chi connectivity index (χ4v) is 7.18. The first-order valence-electron chi connectivity index (χ1n) is 18.9. The van der Waals surface area contributed by atoms with Crippen molar-refractivity contribution in [1.29, 1.82) is 0 Å². The molecule has 0 radical (unpaired) electrons. The number of carboxylic acids is 2. The van der Waals surface area contributed by atoms with Crippen LogP contribution in [0.2, 0.25) is 0 Å². The Morgan fingerprint density at radius 2 is 0.879 bits per heavy atom. The minimum Gasteiger partial charge on any atom is -0.544 e. The molecule has 0 unspecified atom stereocenters. The number of nitrogens with one attached hydrogen (secondary N) is 2. The van der Waals surface area contributed by atoms with Crippen molar-refractivity contribution in [1.82, 2.24) is 10.6 Å². The SMILES string of the molecule is O=C([O-])C=NCc1ccc(C=Cc2cc[n+](CCCC(=O)NCCSSCCNC(=O)CCC[n+]3ccc(C=Cc4ccc(CN=CC(=O)[O-])cc4)cc3)cc2)cc1. The van der Waals surface area contributed by atoms with E-state index in [1.165, 1.54) is 0 Å². The second-order valence-electron chi connectivity index (χ2n) is 13.0. The number of carbonyl (C=O) groups is 4. The molecule has 0 aliphatic heterocycles. The van der Waals surface area contributed by atoms with Crippen LogP contribution in [0.4, 0.5) is 0 Å². The van der Waals surface area contributed by atoms with Gasteiger partial charge in [0.15, 0.2) is 24.8 Å². The maximum atomic E-state index is 12.3. The van der Waals surface area contributed by atoms with Gasteiger partial charge in [0, 0.05) is 87.0 Å². The predicted octanol–water partition coefficient (Wildman–Crippen LogP) is 3.12. The summed E-state index contributed by atoms with van der Waals surface area (Å²) >= 11 is 0. The van der Waals surface area contributed by atoms with Crippen molar-refractivity contribution >= 4 is 82.1 Å². The summed E-state index contributed by atoms with van der Waals surface area (Å²) in [6.07, 6.45) is 20.1. The standard InChI is InChI=1S/C44H48N6O6S2/c51-41(3-1-23-49-25-17-37(18-26-49)7-5-35-9-13-39(14-10-35)31-45-33-43(53)54)47-21-29-57-58-30-22-48-42(52)4-2-24-50-27-19-38(20-28-50)8-6-36-11-15-40(16-12-36)32-46-34-44(55)56/h5-20,25-28,33-34H,1-4,21-24,29-32H2,(H2-2,47,48,51,52,53,54,55,56). The van der Waals surface area contributed by atoms with E-state index in [4.69, 9.17) is 0 Å². The Morgan fingerprint density at radius 3 is 1.22 bits per heavy atom. The van der Waals surface area contributed by atoms with E-state index < -0.39 is 11.9 Å². The number of carbonyl (C=O) groups excluding carboxylic acids is 4. The highest BCUT2D eigenvalue weighted by Crippen LogP contribution is 2.19.